The van der Waals surface area contributed by atoms with Crippen molar-refractivity contribution in [1.29, 1.82) is 0 Å². The fourth-order valence-corrected chi connectivity index (χ4v) is 2.90. The van der Waals surface area contributed by atoms with Crippen molar-refractivity contribution in [2.45, 2.75) is 6.61 Å². The van der Waals surface area contributed by atoms with Gasteiger partial charge in [-0.3, -0.25) is 4.98 Å². The maximum Gasteiger partial charge on any atom is 0.134 e. The summed E-state index contributed by atoms with van der Waals surface area (Å²) < 4.78 is 6.82. The molecule has 3 aromatic rings. The molecule has 2 aromatic carbocycles. The molecule has 0 saturated heterocycles. The van der Waals surface area contributed by atoms with Gasteiger partial charge >= 0.3 is 0 Å². The van der Waals surface area contributed by atoms with Crippen LogP contribution in [0.3, 0.4) is 0 Å². The highest BCUT2D eigenvalue weighted by molar-refractivity contribution is 9.10. The van der Waals surface area contributed by atoms with Crippen molar-refractivity contribution < 1.29 is 4.74 Å². The van der Waals surface area contributed by atoms with E-state index < -0.39 is 0 Å². The van der Waals surface area contributed by atoms with E-state index in [1.54, 1.807) is 11.3 Å². The van der Waals surface area contributed by atoms with Crippen LogP contribution in [0.5, 0.6) is 5.75 Å². The zero-order chi connectivity index (χ0) is 12.4. The largest absolute Gasteiger partial charge is 0.487 e. The van der Waals surface area contributed by atoms with Crippen LogP contribution in [0.1, 0.15) is 4.88 Å². The maximum absolute atomic E-state index is 5.81. The summed E-state index contributed by atoms with van der Waals surface area (Å²) in [5, 5.41) is 2.37. The molecule has 0 aliphatic rings. The average molecular weight is 320 g/mol. The first-order valence-corrected chi connectivity index (χ1v) is 7.19. The van der Waals surface area contributed by atoms with Gasteiger partial charge in [-0.15, -0.1) is 11.3 Å². The summed E-state index contributed by atoms with van der Waals surface area (Å²) in [5.41, 5.74) is 1.81. The van der Waals surface area contributed by atoms with Gasteiger partial charge in [-0.1, -0.05) is 30.3 Å². The summed E-state index contributed by atoms with van der Waals surface area (Å²) in [6, 6.07) is 12.3. The van der Waals surface area contributed by atoms with Crippen LogP contribution in [-0.4, -0.2) is 4.98 Å². The highest BCUT2D eigenvalue weighted by Crippen LogP contribution is 2.33. The number of benzene rings is 2. The van der Waals surface area contributed by atoms with Gasteiger partial charge in [-0.05, 0) is 32.8 Å². The van der Waals surface area contributed by atoms with Gasteiger partial charge in [0.15, 0.2) is 0 Å². The standard InChI is InChI=1S/C14H10BrNOS/c15-14-12-4-2-1-3-10(12)5-6-13(14)17-8-11-7-16-9-18-11/h1-7,9H,8H2. The fraction of sp³-hybridized carbons (Fsp3) is 0.0714. The van der Waals surface area contributed by atoms with E-state index in [9.17, 15) is 0 Å². The van der Waals surface area contributed by atoms with Crippen LogP contribution in [0, 0.1) is 0 Å². The average Bonchev–Trinajstić information content (AvgIpc) is 2.91. The van der Waals surface area contributed by atoms with Crippen LogP contribution in [0.15, 0.2) is 52.6 Å². The van der Waals surface area contributed by atoms with Crippen molar-refractivity contribution in [3.05, 3.63) is 57.5 Å². The summed E-state index contributed by atoms with van der Waals surface area (Å²) in [7, 11) is 0. The number of halogens is 1. The Labute approximate surface area is 117 Å². The second kappa shape index (κ2) is 5.08. The second-order valence-corrected chi connectivity index (χ2v) is 5.62. The van der Waals surface area contributed by atoms with E-state index in [0.717, 1.165) is 15.1 Å². The third-order valence-corrected chi connectivity index (χ3v) is 4.25. The molecular weight excluding hydrogens is 310 g/mol. The number of hydrogen-bond donors (Lipinski definition) is 0. The molecule has 4 heteroatoms. The molecule has 0 unspecified atom stereocenters. The third kappa shape index (κ3) is 2.26. The molecule has 0 radical (unpaired) electrons. The Morgan fingerprint density at radius 1 is 1.17 bits per heavy atom. The molecule has 1 heterocycles. The molecular formula is C14H10BrNOS. The molecule has 0 aliphatic heterocycles. The van der Waals surface area contributed by atoms with E-state index in [4.69, 9.17) is 4.74 Å². The van der Waals surface area contributed by atoms with Crippen LogP contribution in [0.4, 0.5) is 0 Å². The summed E-state index contributed by atoms with van der Waals surface area (Å²) >= 11 is 5.21. The number of nitrogens with zero attached hydrogens (tertiary/aromatic N) is 1. The molecule has 0 saturated carbocycles. The Morgan fingerprint density at radius 3 is 2.89 bits per heavy atom. The van der Waals surface area contributed by atoms with E-state index in [2.05, 4.69) is 39.1 Å². The minimum absolute atomic E-state index is 0.557. The van der Waals surface area contributed by atoms with Crippen LogP contribution in [0.2, 0.25) is 0 Å². The highest BCUT2D eigenvalue weighted by atomic mass is 79.9. The second-order valence-electron chi connectivity index (χ2n) is 3.86. The van der Waals surface area contributed by atoms with Crippen LogP contribution in [-0.2, 0) is 6.61 Å². The minimum Gasteiger partial charge on any atom is -0.487 e. The molecule has 2 nitrogen and oxygen atoms in total. The van der Waals surface area contributed by atoms with Crippen molar-refractivity contribution in [1.82, 2.24) is 4.98 Å². The van der Waals surface area contributed by atoms with Crippen LogP contribution < -0.4 is 4.74 Å². The molecule has 0 amide bonds. The van der Waals surface area contributed by atoms with Gasteiger partial charge < -0.3 is 4.74 Å². The molecule has 0 fully saturated rings. The van der Waals surface area contributed by atoms with Gasteiger partial charge in [-0.2, -0.15) is 0 Å². The summed E-state index contributed by atoms with van der Waals surface area (Å²) in [6.45, 7) is 0.557. The predicted molar refractivity (Wildman–Crippen MR) is 78.1 cm³/mol. The smallest absolute Gasteiger partial charge is 0.134 e. The van der Waals surface area contributed by atoms with Gasteiger partial charge in [0, 0.05) is 6.20 Å². The van der Waals surface area contributed by atoms with Gasteiger partial charge in [0.25, 0.3) is 0 Å². The summed E-state index contributed by atoms with van der Waals surface area (Å²) in [6.07, 6.45) is 1.83. The highest BCUT2D eigenvalue weighted by Gasteiger charge is 2.06. The Hall–Kier alpha value is -1.39. The van der Waals surface area contributed by atoms with E-state index in [1.165, 1.54) is 10.8 Å². The van der Waals surface area contributed by atoms with Gasteiger partial charge in [0.2, 0.25) is 0 Å². The van der Waals surface area contributed by atoms with Gasteiger partial charge in [-0.25, -0.2) is 0 Å². The SMILES string of the molecule is Brc1c(OCc2cncs2)ccc2ccccc12. The van der Waals surface area contributed by atoms with Crippen molar-refractivity contribution in [2.75, 3.05) is 0 Å². The lowest BCUT2D eigenvalue weighted by Crippen LogP contribution is -1.94. The lowest BCUT2D eigenvalue weighted by molar-refractivity contribution is 0.308. The maximum atomic E-state index is 5.81. The molecule has 0 N–H and O–H groups in total. The first kappa shape index (κ1) is 11.7. The van der Waals surface area contributed by atoms with Gasteiger partial charge in [0.05, 0.1) is 14.9 Å². The number of ether oxygens (including phenoxy) is 1. The molecule has 18 heavy (non-hydrogen) atoms. The first-order valence-electron chi connectivity index (χ1n) is 5.52. The Balaban J connectivity index is 1.90. The molecule has 0 bridgehead atoms. The summed E-state index contributed by atoms with van der Waals surface area (Å²) in [5.74, 6) is 0.863. The van der Waals surface area contributed by atoms with Crippen LogP contribution in [0.25, 0.3) is 10.8 Å². The number of thiazole rings is 1. The number of hydrogen-bond acceptors (Lipinski definition) is 3. The Kier molecular flexibility index (Phi) is 3.30. The van der Waals surface area contributed by atoms with E-state index in [-0.39, 0.29) is 0 Å². The van der Waals surface area contributed by atoms with Gasteiger partial charge in [0.1, 0.15) is 12.4 Å². The molecule has 0 spiro atoms. The number of aromatic nitrogens is 1. The molecule has 0 aliphatic carbocycles. The topological polar surface area (TPSA) is 22.1 Å². The van der Waals surface area contributed by atoms with Crippen molar-refractivity contribution in [3.63, 3.8) is 0 Å². The van der Waals surface area contributed by atoms with E-state index >= 15 is 0 Å². The quantitative estimate of drug-likeness (QED) is 0.701. The lowest BCUT2D eigenvalue weighted by atomic mass is 10.1. The molecule has 0 atom stereocenters. The Bertz CT molecular complexity index is 667. The predicted octanol–water partition coefficient (Wildman–Crippen LogP) is 4.64. The molecule has 90 valence electrons. The number of rotatable bonds is 3. The van der Waals surface area contributed by atoms with Crippen LogP contribution >= 0.6 is 27.3 Å². The van der Waals surface area contributed by atoms with Crippen molar-refractivity contribution in [3.8, 4) is 5.75 Å². The zero-order valence-corrected chi connectivity index (χ0v) is 11.9. The molecule has 3 rings (SSSR count). The van der Waals surface area contributed by atoms with E-state index in [0.29, 0.717) is 6.61 Å². The minimum atomic E-state index is 0.557. The normalized spacial score (nSPS) is 10.7. The van der Waals surface area contributed by atoms with E-state index in [1.807, 2.05) is 29.9 Å². The fourth-order valence-electron chi connectivity index (χ4n) is 1.79. The lowest BCUT2D eigenvalue weighted by Gasteiger charge is -2.09. The third-order valence-electron chi connectivity index (χ3n) is 2.68. The number of fused-ring (bicyclic) bond motifs is 1. The molecule has 1 aromatic heterocycles. The monoisotopic (exact) mass is 319 g/mol. The van der Waals surface area contributed by atoms with Crippen molar-refractivity contribution in [2.24, 2.45) is 0 Å². The first-order chi connectivity index (χ1) is 8.84. The van der Waals surface area contributed by atoms with Crippen molar-refractivity contribution >= 4 is 38.0 Å². The summed E-state index contributed by atoms with van der Waals surface area (Å²) in [4.78, 5) is 5.15. The Morgan fingerprint density at radius 2 is 2.06 bits per heavy atom. The zero-order valence-electron chi connectivity index (χ0n) is 9.47.